The number of carbonyl (C=O) groups is 3. The molecule has 1 unspecified atom stereocenters. The molecule has 2 aliphatic heterocycles. The Kier molecular flexibility index (Phi) is 11.8. The number of hydrogen-bond acceptors (Lipinski definition) is 8. The summed E-state index contributed by atoms with van der Waals surface area (Å²) in [6, 6.07) is 3.05. The second-order valence-corrected chi connectivity index (χ2v) is 12.8. The molecule has 3 aliphatic rings. The Balaban J connectivity index is 1.25. The number of halogens is 1. The van der Waals surface area contributed by atoms with Crippen molar-refractivity contribution < 1.29 is 18.8 Å². The molecule has 0 spiro atoms. The number of allylic oxidation sites excluding steroid dienone is 2. The molecule has 1 aromatic rings. The minimum atomic E-state index is -0.449. The van der Waals surface area contributed by atoms with E-state index < -0.39 is 5.82 Å². The number of carbonyl (C=O) groups excluding carboxylic acids is 3. The number of nitrogens with zero attached hydrogens (tertiary/aromatic N) is 3. The van der Waals surface area contributed by atoms with E-state index in [4.69, 9.17) is 11.5 Å². The molecule has 0 radical (unpaired) electrons. The van der Waals surface area contributed by atoms with Gasteiger partial charge >= 0.3 is 0 Å². The average molecular weight is 611 g/mol. The van der Waals surface area contributed by atoms with Crippen LogP contribution in [0.25, 0.3) is 0 Å². The van der Waals surface area contributed by atoms with Crippen LogP contribution in [0, 0.1) is 17.7 Å². The number of likely N-dealkylation sites (tertiary alicyclic amines) is 1. The lowest BCUT2D eigenvalue weighted by Gasteiger charge is -2.40. The summed E-state index contributed by atoms with van der Waals surface area (Å²) in [6.45, 7) is 10.7. The van der Waals surface area contributed by atoms with E-state index in [1.807, 2.05) is 18.7 Å². The van der Waals surface area contributed by atoms with E-state index in [9.17, 15) is 14.4 Å². The Bertz CT molecular complexity index is 1240. The van der Waals surface area contributed by atoms with Gasteiger partial charge in [-0.2, -0.15) is 0 Å². The first kappa shape index (κ1) is 33.5. The smallest absolute Gasteiger partial charge is 0.267 e. The molecule has 1 aliphatic carbocycles. The second-order valence-electron chi connectivity index (χ2n) is 12.8. The van der Waals surface area contributed by atoms with Crippen LogP contribution in [-0.4, -0.2) is 79.1 Å². The van der Waals surface area contributed by atoms with E-state index in [1.54, 1.807) is 18.2 Å². The van der Waals surface area contributed by atoms with Gasteiger partial charge in [0.25, 0.3) is 5.91 Å². The average Bonchev–Trinajstić information content (AvgIpc) is 3.03. The van der Waals surface area contributed by atoms with E-state index in [0.29, 0.717) is 42.5 Å². The van der Waals surface area contributed by atoms with E-state index in [2.05, 4.69) is 15.1 Å². The van der Waals surface area contributed by atoms with Crippen molar-refractivity contribution in [3.05, 3.63) is 52.7 Å². The predicted octanol–water partition coefficient (Wildman–Crippen LogP) is 4.18. The van der Waals surface area contributed by atoms with Gasteiger partial charge in [-0.25, -0.2) is 4.39 Å². The molecule has 2 saturated heterocycles. The summed E-state index contributed by atoms with van der Waals surface area (Å²) in [6.07, 6.45) is 11.6. The molecule has 1 aromatic carbocycles. The molecule has 9 nitrogen and oxygen atoms in total. The molecule has 2 heterocycles. The van der Waals surface area contributed by atoms with Crippen LogP contribution < -0.4 is 21.7 Å². The zero-order valence-corrected chi connectivity index (χ0v) is 26.7. The molecule has 0 aromatic heterocycles. The predicted molar refractivity (Wildman–Crippen MR) is 173 cm³/mol. The molecule has 44 heavy (non-hydrogen) atoms. The molecule has 0 bridgehead atoms. The first-order chi connectivity index (χ1) is 21.1. The Morgan fingerprint density at radius 2 is 1.61 bits per heavy atom. The quantitative estimate of drug-likeness (QED) is 0.194. The molecule has 1 amide bonds. The molecular formula is C34H51FN6O3. The Morgan fingerprint density at radius 3 is 2.23 bits per heavy atom. The molecule has 1 atom stereocenters. The van der Waals surface area contributed by atoms with Crippen molar-refractivity contribution in [3.8, 4) is 0 Å². The van der Waals surface area contributed by atoms with Crippen LogP contribution >= 0.6 is 0 Å². The van der Waals surface area contributed by atoms with Crippen LogP contribution in [0.15, 0.2) is 35.8 Å². The Labute approximate surface area is 261 Å². The van der Waals surface area contributed by atoms with Gasteiger partial charge in [0.2, 0.25) is 0 Å². The number of nitrogens with two attached hydrogens (primary N) is 2. The van der Waals surface area contributed by atoms with Gasteiger partial charge in [-0.3, -0.25) is 19.3 Å². The van der Waals surface area contributed by atoms with Crippen molar-refractivity contribution in [1.29, 1.82) is 0 Å². The lowest BCUT2D eigenvalue weighted by Crippen LogP contribution is -2.49. The van der Waals surface area contributed by atoms with Gasteiger partial charge in [-0.15, -0.1) is 0 Å². The maximum Gasteiger partial charge on any atom is 0.267 e. The number of ketones is 2. The third-order valence-corrected chi connectivity index (χ3v) is 9.64. The Morgan fingerprint density at radius 1 is 0.955 bits per heavy atom. The fraction of sp³-hybridized carbons (Fsp3) is 0.618. The van der Waals surface area contributed by atoms with Gasteiger partial charge in [0.05, 0.1) is 17.2 Å². The summed E-state index contributed by atoms with van der Waals surface area (Å²) in [4.78, 5) is 44.2. The minimum Gasteiger partial charge on any atom is -0.394 e. The zero-order valence-electron chi connectivity index (χ0n) is 26.7. The normalized spacial score (nSPS) is 20.5. The van der Waals surface area contributed by atoms with Crippen LogP contribution in [0.2, 0.25) is 0 Å². The number of piperidine rings is 1. The van der Waals surface area contributed by atoms with Gasteiger partial charge in [0.1, 0.15) is 5.82 Å². The number of Topliss-reactive ketones (excluding diaryl/α,β-unsaturated/α-hetero) is 2. The zero-order chi connectivity index (χ0) is 31.8. The summed E-state index contributed by atoms with van der Waals surface area (Å²) in [5.74, 6) is -0.188. The molecule has 4 rings (SSSR count). The maximum atomic E-state index is 15.2. The molecule has 5 N–H and O–H groups in total. The van der Waals surface area contributed by atoms with Crippen LogP contribution in [0.4, 0.5) is 10.1 Å². The molecule has 1 saturated carbocycles. The van der Waals surface area contributed by atoms with Crippen molar-refractivity contribution >= 4 is 23.2 Å². The highest BCUT2D eigenvalue weighted by molar-refractivity contribution is 6.09. The van der Waals surface area contributed by atoms with E-state index >= 15 is 4.39 Å². The maximum absolute atomic E-state index is 15.2. The van der Waals surface area contributed by atoms with Gasteiger partial charge < -0.3 is 26.6 Å². The highest BCUT2D eigenvalue weighted by Crippen LogP contribution is 2.28. The highest BCUT2D eigenvalue weighted by Gasteiger charge is 2.28. The number of amides is 1. The van der Waals surface area contributed by atoms with Gasteiger partial charge in [0.15, 0.2) is 11.6 Å². The standard InChI is InChI=1S/C34H51FN6O3/c1-4-23(2)33(43)28-20-29(35)31(21-27(28)24(3)42)40-18-16-39(17-19-40)22-25-12-14-41(15-13-25)32(37)11-10-30(36)34(44)38-26-8-6-5-7-9-26/h10-11,20-21,23,25-26H,4-9,12-19,22,36-37H2,1-3H3,(H,38,44)/b30-10-,32-11+. The van der Waals surface area contributed by atoms with E-state index in [-0.39, 0.29) is 40.7 Å². The fourth-order valence-corrected chi connectivity index (χ4v) is 6.53. The SMILES string of the molecule is CCC(C)C(=O)c1cc(F)c(N2CCN(CC3CCN(/C(N)=C/C=C(\N)C(=O)NC4CCCCC4)CC3)CC2)cc1C(C)=O. The third-order valence-electron chi connectivity index (χ3n) is 9.64. The van der Waals surface area contributed by atoms with Crippen molar-refractivity contribution in [2.45, 2.75) is 78.2 Å². The molecule has 10 heteroatoms. The number of benzene rings is 1. The molecule has 3 fully saturated rings. The van der Waals surface area contributed by atoms with E-state index in [1.165, 1.54) is 19.4 Å². The number of anilines is 1. The van der Waals surface area contributed by atoms with Crippen molar-refractivity contribution in [2.24, 2.45) is 23.3 Å². The van der Waals surface area contributed by atoms with Gasteiger partial charge in [0, 0.05) is 68.9 Å². The lowest BCUT2D eigenvalue weighted by atomic mass is 9.91. The third kappa shape index (κ3) is 8.61. The van der Waals surface area contributed by atoms with Crippen LogP contribution in [-0.2, 0) is 4.79 Å². The minimum absolute atomic E-state index is 0.181. The summed E-state index contributed by atoms with van der Waals surface area (Å²) in [5.41, 5.74) is 13.4. The summed E-state index contributed by atoms with van der Waals surface area (Å²) < 4.78 is 15.2. The van der Waals surface area contributed by atoms with Crippen molar-refractivity contribution in [1.82, 2.24) is 15.1 Å². The van der Waals surface area contributed by atoms with Crippen LogP contribution in [0.1, 0.15) is 92.9 Å². The summed E-state index contributed by atoms with van der Waals surface area (Å²) in [7, 11) is 0. The summed E-state index contributed by atoms with van der Waals surface area (Å²) in [5, 5.41) is 3.03. The van der Waals surface area contributed by atoms with Crippen molar-refractivity contribution in [2.75, 3.05) is 50.7 Å². The number of nitrogens with one attached hydrogen (secondary N) is 1. The van der Waals surface area contributed by atoms with Gasteiger partial charge in [-0.1, -0.05) is 33.1 Å². The summed E-state index contributed by atoms with van der Waals surface area (Å²) >= 11 is 0. The van der Waals surface area contributed by atoms with Crippen LogP contribution in [0.5, 0.6) is 0 Å². The molecular weight excluding hydrogens is 559 g/mol. The van der Waals surface area contributed by atoms with Gasteiger partial charge in [-0.05, 0) is 69.2 Å². The number of hydrogen-bond donors (Lipinski definition) is 3. The largest absolute Gasteiger partial charge is 0.394 e. The monoisotopic (exact) mass is 610 g/mol. The first-order valence-electron chi connectivity index (χ1n) is 16.4. The lowest BCUT2D eigenvalue weighted by molar-refractivity contribution is -0.118. The topological polar surface area (TPSA) is 125 Å². The number of rotatable bonds is 11. The first-order valence-corrected chi connectivity index (χ1v) is 16.4. The van der Waals surface area contributed by atoms with Crippen LogP contribution in [0.3, 0.4) is 0 Å². The Hall–Kier alpha value is -3.40. The van der Waals surface area contributed by atoms with E-state index in [0.717, 1.165) is 71.2 Å². The highest BCUT2D eigenvalue weighted by atomic mass is 19.1. The number of piperazine rings is 1. The fourth-order valence-electron chi connectivity index (χ4n) is 6.53. The molecule has 242 valence electrons. The van der Waals surface area contributed by atoms with Crippen molar-refractivity contribution in [3.63, 3.8) is 0 Å². The second kappa shape index (κ2) is 15.5.